The van der Waals surface area contributed by atoms with Crippen molar-refractivity contribution in [2.75, 3.05) is 13.2 Å². The minimum Gasteiger partial charge on any atom is -0.377 e. The molecule has 1 aliphatic heterocycles. The van der Waals surface area contributed by atoms with Gasteiger partial charge in [-0.2, -0.15) is 15.0 Å². The van der Waals surface area contributed by atoms with E-state index in [0.717, 1.165) is 34.6 Å². The van der Waals surface area contributed by atoms with Gasteiger partial charge in [-0.1, -0.05) is 0 Å². The molecule has 17 heavy (non-hydrogen) atoms. The van der Waals surface area contributed by atoms with E-state index in [-0.39, 0.29) is 0 Å². The van der Waals surface area contributed by atoms with Gasteiger partial charge in [0, 0.05) is 19.7 Å². The predicted molar refractivity (Wildman–Crippen MR) is 68.6 cm³/mol. The van der Waals surface area contributed by atoms with Gasteiger partial charge in [0.1, 0.15) is 9.39 Å². The molecule has 0 aliphatic carbocycles. The Bertz CT molecular complexity index is 531. The first kappa shape index (κ1) is 11.1. The zero-order chi connectivity index (χ0) is 11.8. The molecule has 2 aromatic rings. The minimum absolute atomic E-state index is 0.407. The Hall–Kier alpha value is -0.960. The van der Waals surface area contributed by atoms with E-state index in [9.17, 15) is 0 Å². The zero-order valence-electron chi connectivity index (χ0n) is 9.38. The van der Waals surface area contributed by atoms with Crippen LogP contribution < -0.4 is 0 Å². The largest absolute Gasteiger partial charge is 0.377 e. The van der Waals surface area contributed by atoms with Crippen molar-refractivity contribution < 1.29 is 4.74 Å². The summed E-state index contributed by atoms with van der Waals surface area (Å²) in [6.45, 7) is 1.54. The molecule has 3 rings (SSSR count). The fourth-order valence-corrected chi connectivity index (χ4v) is 2.38. The lowest BCUT2D eigenvalue weighted by Gasteiger charge is -2.25. The summed E-state index contributed by atoms with van der Waals surface area (Å²) in [4.78, 5) is 1.60. The second kappa shape index (κ2) is 4.37. The van der Waals surface area contributed by atoms with E-state index in [0.29, 0.717) is 6.04 Å². The van der Waals surface area contributed by atoms with Crippen molar-refractivity contribution in [1.82, 2.24) is 24.8 Å². The topological polar surface area (TPSA) is 57.8 Å². The molecule has 6 nitrogen and oxygen atoms in total. The highest BCUT2D eigenvalue weighted by Crippen LogP contribution is 2.18. The Morgan fingerprint density at radius 2 is 2.29 bits per heavy atom. The normalized spacial score (nSPS) is 16.1. The zero-order valence-corrected chi connectivity index (χ0v) is 11.5. The Labute approximate surface area is 112 Å². The van der Waals surface area contributed by atoms with Crippen LogP contribution in [0.5, 0.6) is 0 Å². The summed E-state index contributed by atoms with van der Waals surface area (Å²) in [5, 5.41) is 12.9. The molecule has 1 saturated heterocycles. The Balaban J connectivity index is 1.76. The lowest BCUT2D eigenvalue weighted by Crippen LogP contribution is -2.30. The van der Waals surface area contributed by atoms with Crippen LogP contribution in [-0.4, -0.2) is 38.0 Å². The molecule has 0 bridgehead atoms. The van der Waals surface area contributed by atoms with Crippen molar-refractivity contribution in [3.8, 4) is 0 Å². The SMILES string of the molecule is Cn1nc(I)c(Cc2cnn(C3COC3)c2)n1. The van der Waals surface area contributed by atoms with Crippen molar-refractivity contribution in [2.24, 2.45) is 7.05 Å². The molecule has 1 aliphatic rings. The molecule has 0 amide bonds. The maximum atomic E-state index is 5.15. The number of ether oxygens (including phenoxy) is 1. The van der Waals surface area contributed by atoms with Crippen LogP contribution in [0.15, 0.2) is 12.4 Å². The van der Waals surface area contributed by atoms with Crippen LogP contribution in [-0.2, 0) is 18.2 Å². The smallest absolute Gasteiger partial charge is 0.147 e. The van der Waals surface area contributed by atoms with Gasteiger partial charge in [-0.15, -0.1) is 5.10 Å². The maximum absolute atomic E-state index is 5.15. The molecule has 0 saturated carbocycles. The summed E-state index contributed by atoms with van der Waals surface area (Å²) in [6, 6.07) is 0.407. The molecule has 7 heteroatoms. The molecule has 0 aromatic carbocycles. The number of aromatic nitrogens is 5. The summed E-state index contributed by atoms with van der Waals surface area (Å²) in [7, 11) is 1.83. The number of aryl methyl sites for hydroxylation is 1. The lowest BCUT2D eigenvalue weighted by atomic mass is 10.2. The van der Waals surface area contributed by atoms with Crippen LogP contribution in [0, 0.1) is 3.70 Å². The first-order chi connectivity index (χ1) is 8.22. The molecule has 1 fully saturated rings. The first-order valence-corrected chi connectivity index (χ1v) is 6.47. The third kappa shape index (κ3) is 2.21. The number of hydrogen-bond donors (Lipinski definition) is 0. The van der Waals surface area contributed by atoms with Crippen LogP contribution in [0.4, 0.5) is 0 Å². The van der Waals surface area contributed by atoms with Gasteiger partial charge < -0.3 is 4.74 Å². The highest BCUT2D eigenvalue weighted by atomic mass is 127. The Kier molecular flexibility index (Phi) is 2.87. The maximum Gasteiger partial charge on any atom is 0.147 e. The van der Waals surface area contributed by atoms with E-state index in [2.05, 4.69) is 44.1 Å². The number of halogens is 1. The molecule has 0 N–H and O–H groups in total. The monoisotopic (exact) mass is 345 g/mol. The van der Waals surface area contributed by atoms with Gasteiger partial charge >= 0.3 is 0 Å². The molecule has 90 valence electrons. The highest BCUT2D eigenvalue weighted by Gasteiger charge is 2.21. The van der Waals surface area contributed by atoms with Gasteiger partial charge in [0.25, 0.3) is 0 Å². The first-order valence-electron chi connectivity index (χ1n) is 5.39. The quantitative estimate of drug-likeness (QED) is 0.772. The molecular weight excluding hydrogens is 333 g/mol. The summed E-state index contributed by atoms with van der Waals surface area (Å²) in [5.41, 5.74) is 2.16. The fourth-order valence-electron chi connectivity index (χ4n) is 1.77. The van der Waals surface area contributed by atoms with Gasteiger partial charge in [-0.3, -0.25) is 4.68 Å². The third-order valence-electron chi connectivity index (χ3n) is 2.76. The van der Waals surface area contributed by atoms with Crippen molar-refractivity contribution in [1.29, 1.82) is 0 Å². The van der Waals surface area contributed by atoms with Crippen LogP contribution in [0.2, 0.25) is 0 Å². The van der Waals surface area contributed by atoms with Crippen LogP contribution >= 0.6 is 22.6 Å². The predicted octanol–water partition coefficient (Wildman–Crippen LogP) is 0.778. The van der Waals surface area contributed by atoms with E-state index in [1.807, 2.05) is 17.9 Å². The van der Waals surface area contributed by atoms with Crippen LogP contribution in [0.1, 0.15) is 17.3 Å². The molecule has 0 unspecified atom stereocenters. The molecule has 3 heterocycles. The molecule has 0 atom stereocenters. The van der Waals surface area contributed by atoms with Gasteiger partial charge in [-0.25, -0.2) is 0 Å². The third-order valence-corrected chi connectivity index (χ3v) is 3.60. The Morgan fingerprint density at radius 1 is 1.47 bits per heavy atom. The van der Waals surface area contributed by atoms with E-state index in [1.165, 1.54) is 0 Å². The van der Waals surface area contributed by atoms with E-state index >= 15 is 0 Å². The second-order valence-electron chi connectivity index (χ2n) is 4.12. The summed E-state index contributed by atoms with van der Waals surface area (Å²) >= 11 is 2.21. The number of nitrogens with zero attached hydrogens (tertiary/aromatic N) is 5. The average Bonchev–Trinajstić information content (AvgIpc) is 2.73. The van der Waals surface area contributed by atoms with Gasteiger partial charge in [0.05, 0.1) is 25.5 Å². The molecule has 2 aromatic heterocycles. The van der Waals surface area contributed by atoms with Crippen LogP contribution in [0.25, 0.3) is 0 Å². The number of hydrogen-bond acceptors (Lipinski definition) is 4. The minimum atomic E-state index is 0.407. The molecular formula is C10H12IN5O. The van der Waals surface area contributed by atoms with Crippen molar-refractivity contribution in [3.63, 3.8) is 0 Å². The Morgan fingerprint density at radius 3 is 2.88 bits per heavy atom. The molecule has 0 spiro atoms. The van der Waals surface area contributed by atoms with Crippen molar-refractivity contribution in [2.45, 2.75) is 12.5 Å². The standard InChI is InChI=1S/C10H12IN5O/c1-15-13-9(10(11)14-15)2-7-3-12-16(4-7)8-5-17-6-8/h3-4,8H,2,5-6H2,1H3. The van der Waals surface area contributed by atoms with Crippen molar-refractivity contribution >= 4 is 22.6 Å². The van der Waals surface area contributed by atoms with E-state index < -0.39 is 0 Å². The van der Waals surface area contributed by atoms with Gasteiger partial charge in [0.2, 0.25) is 0 Å². The summed E-state index contributed by atoms with van der Waals surface area (Å²) in [5.74, 6) is 0. The van der Waals surface area contributed by atoms with E-state index in [4.69, 9.17) is 4.74 Å². The summed E-state index contributed by atoms with van der Waals surface area (Å²) < 4.78 is 8.07. The van der Waals surface area contributed by atoms with Gasteiger partial charge in [0.15, 0.2) is 0 Å². The van der Waals surface area contributed by atoms with Crippen molar-refractivity contribution in [3.05, 3.63) is 27.4 Å². The summed E-state index contributed by atoms with van der Waals surface area (Å²) in [6.07, 6.45) is 4.74. The fraction of sp³-hybridized carbons (Fsp3) is 0.500. The average molecular weight is 345 g/mol. The lowest BCUT2D eigenvalue weighted by molar-refractivity contribution is -0.0286. The van der Waals surface area contributed by atoms with Gasteiger partial charge in [-0.05, 0) is 28.2 Å². The number of rotatable bonds is 3. The second-order valence-corrected chi connectivity index (χ2v) is 5.15. The highest BCUT2D eigenvalue weighted by molar-refractivity contribution is 14.1. The molecule has 0 radical (unpaired) electrons. The van der Waals surface area contributed by atoms with Crippen LogP contribution in [0.3, 0.4) is 0 Å². The van der Waals surface area contributed by atoms with E-state index in [1.54, 1.807) is 4.80 Å².